The molecule has 2 unspecified atom stereocenters. The number of carbonyl (C=O) groups excluding carboxylic acids is 1. The SMILES string of the molecule is Cc1cc(C(=O)N2CC(C(=O)O)CCC2C)nn1-c1ccc(Cl)cc1Cl. The van der Waals surface area contributed by atoms with E-state index < -0.39 is 11.9 Å². The molecule has 2 aromatic rings. The standard InChI is InChI=1S/C18H19Cl2N3O3/c1-10-3-4-12(18(25)26)9-22(10)17(24)15-7-11(2)23(21-15)16-6-5-13(19)8-14(16)20/h5-8,10,12H,3-4,9H2,1-2H3,(H,25,26). The number of halogens is 2. The number of benzene rings is 1. The second-order valence-corrected chi connectivity index (χ2v) is 7.44. The number of nitrogens with zero attached hydrogens (tertiary/aromatic N) is 3. The smallest absolute Gasteiger partial charge is 0.308 e. The normalized spacial score (nSPS) is 20.2. The number of hydrogen-bond acceptors (Lipinski definition) is 3. The number of likely N-dealkylation sites (tertiary alicyclic amines) is 1. The summed E-state index contributed by atoms with van der Waals surface area (Å²) in [6.45, 7) is 3.95. The Hall–Kier alpha value is -2.05. The van der Waals surface area contributed by atoms with Crippen LogP contribution in [0.15, 0.2) is 24.3 Å². The van der Waals surface area contributed by atoms with E-state index in [9.17, 15) is 14.7 Å². The van der Waals surface area contributed by atoms with Crippen LogP contribution in [0.4, 0.5) is 0 Å². The van der Waals surface area contributed by atoms with Crippen LogP contribution < -0.4 is 0 Å². The van der Waals surface area contributed by atoms with Crippen LogP contribution in [0.5, 0.6) is 0 Å². The minimum Gasteiger partial charge on any atom is -0.481 e. The fraction of sp³-hybridized carbons (Fsp3) is 0.389. The summed E-state index contributed by atoms with van der Waals surface area (Å²) in [5.74, 6) is -1.68. The van der Waals surface area contributed by atoms with Crippen LogP contribution in [-0.4, -0.2) is 44.3 Å². The summed E-state index contributed by atoms with van der Waals surface area (Å²) < 4.78 is 1.59. The number of aliphatic carboxylic acids is 1. The van der Waals surface area contributed by atoms with E-state index in [2.05, 4.69) is 5.10 Å². The second kappa shape index (κ2) is 7.29. The molecular formula is C18H19Cl2N3O3. The van der Waals surface area contributed by atoms with Gasteiger partial charge in [-0.25, -0.2) is 4.68 Å². The molecule has 1 fully saturated rings. The largest absolute Gasteiger partial charge is 0.481 e. The van der Waals surface area contributed by atoms with Gasteiger partial charge in [-0.05, 0) is 51.0 Å². The number of aromatic nitrogens is 2. The summed E-state index contributed by atoms with van der Waals surface area (Å²) in [4.78, 5) is 25.8. The third-order valence-electron chi connectivity index (χ3n) is 4.74. The fourth-order valence-corrected chi connectivity index (χ4v) is 3.70. The Morgan fingerprint density at radius 2 is 1.96 bits per heavy atom. The Morgan fingerprint density at radius 1 is 1.23 bits per heavy atom. The summed E-state index contributed by atoms with van der Waals surface area (Å²) in [6.07, 6.45) is 1.24. The first-order chi connectivity index (χ1) is 12.3. The van der Waals surface area contributed by atoms with Crippen molar-refractivity contribution in [2.24, 2.45) is 5.92 Å². The molecule has 1 amide bonds. The van der Waals surface area contributed by atoms with Gasteiger partial charge in [0.25, 0.3) is 5.91 Å². The molecule has 2 atom stereocenters. The summed E-state index contributed by atoms with van der Waals surface area (Å²) >= 11 is 12.2. The van der Waals surface area contributed by atoms with Crippen LogP contribution in [0.2, 0.25) is 10.0 Å². The van der Waals surface area contributed by atoms with E-state index in [1.807, 2.05) is 13.8 Å². The molecule has 1 aliphatic heterocycles. The van der Waals surface area contributed by atoms with Gasteiger partial charge in [0.15, 0.2) is 5.69 Å². The van der Waals surface area contributed by atoms with Gasteiger partial charge < -0.3 is 10.0 Å². The number of aryl methyl sites for hydroxylation is 1. The van der Waals surface area contributed by atoms with Crippen LogP contribution >= 0.6 is 23.2 Å². The average Bonchev–Trinajstić information content (AvgIpc) is 2.96. The Kier molecular flexibility index (Phi) is 5.25. The van der Waals surface area contributed by atoms with E-state index in [0.29, 0.717) is 28.6 Å². The molecular weight excluding hydrogens is 377 g/mol. The van der Waals surface area contributed by atoms with Crippen LogP contribution in [0.25, 0.3) is 5.69 Å². The molecule has 1 aliphatic rings. The van der Waals surface area contributed by atoms with E-state index in [1.54, 1.807) is 33.8 Å². The van der Waals surface area contributed by atoms with E-state index in [4.69, 9.17) is 23.2 Å². The highest BCUT2D eigenvalue weighted by Gasteiger charge is 2.34. The minimum absolute atomic E-state index is 0.0253. The van der Waals surface area contributed by atoms with Crippen molar-refractivity contribution in [3.05, 3.63) is 45.7 Å². The summed E-state index contributed by atoms with van der Waals surface area (Å²) in [6, 6.07) is 6.72. The van der Waals surface area contributed by atoms with Gasteiger partial charge in [-0.15, -0.1) is 0 Å². The van der Waals surface area contributed by atoms with Gasteiger partial charge in [-0.2, -0.15) is 5.10 Å². The van der Waals surface area contributed by atoms with Crippen LogP contribution in [-0.2, 0) is 4.79 Å². The van der Waals surface area contributed by atoms with Gasteiger partial charge in [0.1, 0.15) is 0 Å². The molecule has 1 N–H and O–H groups in total. The maximum absolute atomic E-state index is 12.9. The van der Waals surface area contributed by atoms with Gasteiger partial charge >= 0.3 is 5.97 Å². The molecule has 0 saturated carbocycles. The van der Waals surface area contributed by atoms with E-state index in [0.717, 1.165) is 5.69 Å². The van der Waals surface area contributed by atoms with Gasteiger partial charge in [0, 0.05) is 23.3 Å². The zero-order chi connectivity index (χ0) is 19.0. The van der Waals surface area contributed by atoms with Crippen molar-refractivity contribution >= 4 is 35.1 Å². The molecule has 1 saturated heterocycles. The number of piperidine rings is 1. The molecule has 8 heteroatoms. The van der Waals surface area contributed by atoms with E-state index in [1.165, 1.54) is 0 Å². The van der Waals surface area contributed by atoms with Gasteiger partial charge in [0.2, 0.25) is 0 Å². The molecule has 2 heterocycles. The highest BCUT2D eigenvalue weighted by molar-refractivity contribution is 6.35. The molecule has 6 nitrogen and oxygen atoms in total. The molecule has 0 spiro atoms. The lowest BCUT2D eigenvalue weighted by Crippen LogP contribution is -2.47. The summed E-state index contributed by atoms with van der Waals surface area (Å²) in [5.41, 5.74) is 1.64. The van der Waals surface area contributed by atoms with Gasteiger partial charge in [-0.3, -0.25) is 9.59 Å². The van der Waals surface area contributed by atoms with Crippen LogP contribution in [0, 0.1) is 12.8 Å². The van der Waals surface area contributed by atoms with Crippen molar-refractivity contribution in [1.29, 1.82) is 0 Å². The molecule has 1 aromatic carbocycles. The predicted molar refractivity (Wildman–Crippen MR) is 99.2 cm³/mol. The third-order valence-corrected chi connectivity index (χ3v) is 5.27. The number of hydrogen-bond donors (Lipinski definition) is 1. The number of carbonyl (C=O) groups is 2. The van der Waals surface area contributed by atoms with Gasteiger partial charge in [0.05, 0.1) is 16.6 Å². The maximum Gasteiger partial charge on any atom is 0.308 e. The Bertz CT molecular complexity index is 865. The molecule has 3 rings (SSSR count). The highest BCUT2D eigenvalue weighted by atomic mass is 35.5. The topological polar surface area (TPSA) is 75.4 Å². The number of carboxylic acids is 1. The molecule has 1 aromatic heterocycles. The zero-order valence-corrected chi connectivity index (χ0v) is 16.0. The number of carboxylic acid groups (broad SMARTS) is 1. The molecule has 26 heavy (non-hydrogen) atoms. The predicted octanol–water partition coefficient (Wildman–Crippen LogP) is 3.81. The number of amides is 1. The van der Waals surface area contributed by atoms with Crippen LogP contribution in [0.1, 0.15) is 35.9 Å². The molecule has 0 radical (unpaired) electrons. The van der Waals surface area contributed by atoms with E-state index in [-0.39, 0.29) is 24.2 Å². The minimum atomic E-state index is -0.871. The van der Waals surface area contributed by atoms with Crippen molar-refractivity contribution in [2.45, 2.75) is 32.7 Å². The highest BCUT2D eigenvalue weighted by Crippen LogP contribution is 2.27. The average molecular weight is 396 g/mol. The first-order valence-corrected chi connectivity index (χ1v) is 9.09. The van der Waals surface area contributed by atoms with Crippen molar-refractivity contribution in [2.75, 3.05) is 6.54 Å². The second-order valence-electron chi connectivity index (χ2n) is 6.60. The Morgan fingerprint density at radius 3 is 2.62 bits per heavy atom. The Labute approximate surface area is 161 Å². The number of rotatable bonds is 3. The fourth-order valence-electron chi connectivity index (χ4n) is 3.21. The first kappa shape index (κ1) is 18.7. The van der Waals surface area contributed by atoms with Crippen LogP contribution in [0.3, 0.4) is 0 Å². The lowest BCUT2D eigenvalue weighted by Gasteiger charge is -2.36. The van der Waals surface area contributed by atoms with Crippen molar-refractivity contribution < 1.29 is 14.7 Å². The summed E-state index contributed by atoms with van der Waals surface area (Å²) in [5, 5.41) is 14.6. The molecule has 0 bridgehead atoms. The lowest BCUT2D eigenvalue weighted by atomic mass is 9.93. The lowest BCUT2D eigenvalue weighted by molar-refractivity contribution is -0.143. The zero-order valence-electron chi connectivity index (χ0n) is 14.4. The quantitative estimate of drug-likeness (QED) is 0.856. The van der Waals surface area contributed by atoms with E-state index >= 15 is 0 Å². The van der Waals surface area contributed by atoms with Crippen molar-refractivity contribution in [1.82, 2.24) is 14.7 Å². The summed E-state index contributed by atoms with van der Waals surface area (Å²) in [7, 11) is 0. The maximum atomic E-state index is 12.9. The monoisotopic (exact) mass is 395 g/mol. The van der Waals surface area contributed by atoms with Gasteiger partial charge in [-0.1, -0.05) is 23.2 Å². The molecule has 138 valence electrons. The molecule has 0 aliphatic carbocycles. The van der Waals surface area contributed by atoms with Crippen molar-refractivity contribution in [3.63, 3.8) is 0 Å². The first-order valence-electron chi connectivity index (χ1n) is 8.33. The van der Waals surface area contributed by atoms with Crippen molar-refractivity contribution in [3.8, 4) is 5.69 Å². The third kappa shape index (κ3) is 3.57. The Balaban J connectivity index is 1.90.